The Hall–Kier alpha value is 0.383. The van der Waals surface area contributed by atoms with Crippen LogP contribution in [0.3, 0.4) is 0 Å². The maximum atomic E-state index is 4.26. The SMILES string of the molecule is ClOCl.[C-]1=CC=CC1.[C-]1=CC=CC1.[Zr+2]. The van der Waals surface area contributed by atoms with Gasteiger partial charge in [-0.2, -0.15) is 16.0 Å². The van der Waals surface area contributed by atoms with Crippen LogP contribution in [0.5, 0.6) is 0 Å². The van der Waals surface area contributed by atoms with E-state index < -0.39 is 0 Å². The average Bonchev–Trinajstić information content (AvgIpc) is 2.85. The summed E-state index contributed by atoms with van der Waals surface area (Å²) < 4.78 is 3.19. The fourth-order valence-electron chi connectivity index (χ4n) is 0.680. The van der Waals surface area contributed by atoms with Crippen LogP contribution in [0.4, 0.5) is 0 Å². The van der Waals surface area contributed by atoms with Crippen LogP contribution in [0, 0.1) is 12.2 Å². The van der Waals surface area contributed by atoms with Crippen LogP contribution < -0.4 is 0 Å². The summed E-state index contributed by atoms with van der Waals surface area (Å²) in [4.78, 5) is 0. The van der Waals surface area contributed by atoms with Crippen molar-refractivity contribution >= 4 is 23.7 Å². The zero-order chi connectivity index (χ0) is 9.78. The van der Waals surface area contributed by atoms with E-state index in [-0.39, 0.29) is 26.2 Å². The number of halogens is 2. The van der Waals surface area contributed by atoms with Crippen molar-refractivity contribution in [1.29, 1.82) is 0 Å². The fourth-order valence-corrected chi connectivity index (χ4v) is 0.680. The summed E-state index contributed by atoms with van der Waals surface area (Å²) in [5.41, 5.74) is 0. The van der Waals surface area contributed by atoms with Crippen LogP contribution in [-0.4, -0.2) is 0 Å². The molecule has 0 atom stereocenters. The molecule has 14 heavy (non-hydrogen) atoms. The summed E-state index contributed by atoms with van der Waals surface area (Å²) in [7, 11) is 0. The second-order valence-electron chi connectivity index (χ2n) is 2.06. The standard InChI is InChI=1S/2C5H5.Cl2O.Zr/c2*1-2-4-5-3-1;1-3-2;/h2*1-3H,4H2;;/q2*-1;;+2. The summed E-state index contributed by atoms with van der Waals surface area (Å²) >= 11 is 8.53. The fraction of sp³-hybridized carbons (Fsp3) is 0.200. The zero-order valence-electron chi connectivity index (χ0n) is 7.54. The van der Waals surface area contributed by atoms with Gasteiger partial charge in [0.15, 0.2) is 0 Å². The molecule has 0 bridgehead atoms. The first-order chi connectivity index (χ1) is 6.41. The third-order valence-corrected chi connectivity index (χ3v) is 1.17. The molecule has 1 nitrogen and oxygen atoms in total. The van der Waals surface area contributed by atoms with Gasteiger partial charge >= 0.3 is 26.2 Å². The predicted molar refractivity (Wildman–Crippen MR) is 55.9 cm³/mol. The molecule has 0 radical (unpaired) electrons. The Balaban J connectivity index is 0. The van der Waals surface area contributed by atoms with E-state index in [0.29, 0.717) is 0 Å². The molecule has 0 unspecified atom stereocenters. The zero-order valence-corrected chi connectivity index (χ0v) is 11.5. The predicted octanol–water partition coefficient (Wildman–Crippen LogP) is 3.92. The first kappa shape index (κ1) is 16.8. The maximum Gasteiger partial charge on any atom is 2.00 e. The van der Waals surface area contributed by atoms with Crippen molar-refractivity contribution in [3.63, 3.8) is 0 Å². The third kappa shape index (κ3) is 14.9. The quantitative estimate of drug-likeness (QED) is 0.616. The molecule has 0 saturated carbocycles. The van der Waals surface area contributed by atoms with Crippen molar-refractivity contribution in [1.82, 2.24) is 0 Å². The van der Waals surface area contributed by atoms with Crippen LogP contribution in [0.15, 0.2) is 36.5 Å². The van der Waals surface area contributed by atoms with Gasteiger partial charge in [-0.15, -0.1) is 12.8 Å². The van der Waals surface area contributed by atoms with E-state index in [4.69, 9.17) is 0 Å². The number of rotatable bonds is 0. The molecule has 0 spiro atoms. The first-order valence-electron chi connectivity index (χ1n) is 3.74. The van der Waals surface area contributed by atoms with Crippen molar-refractivity contribution in [3.8, 4) is 0 Å². The Kier molecular flexibility index (Phi) is 19.0. The summed E-state index contributed by atoms with van der Waals surface area (Å²) in [6.45, 7) is 0. The largest absolute Gasteiger partial charge is 2.00 e. The number of hydrogen-bond donors (Lipinski definition) is 0. The molecular weight excluding hydrogens is 298 g/mol. The van der Waals surface area contributed by atoms with Gasteiger partial charge in [-0.3, -0.25) is 12.2 Å². The first-order valence-corrected chi connectivity index (χ1v) is 4.36. The Morgan fingerprint density at radius 1 is 0.929 bits per heavy atom. The molecule has 2 aliphatic rings. The molecule has 0 aromatic heterocycles. The van der Waals surface area contributed by atoms with Gasteiger partial charge in [-0.1, -0.05) is 0 Å². The van der Waals surface area contributed by atoms with E-state index in [1.807, 2.05) is 24.3 Å². The number of allylic oxidation sites excluding steroid dienone is 8. The molecule has 0 N–H and O–H groups in total. The molecule has 0 saturated heterocycles. The van der Waals surface area contributed by atoms with Crippen LogP contribution in [-0.2, 0) is 30.0 Å². The summed E-state index contributed by atoms with van der Waals surface area (Å²) in [6.07, 6.45) is 20.0. The molecule has 2 aliphatic carbocycles. The van der Waals surface area contributed by atoms with E-state index in [0.717, 1.165) is 12.8 Å². The van der Waals surface area contributed by atoms with Crippen LogP contribution in [0.2, 0.25) is 0 Å². The Morgan fingerprint density at radius 3 is 1.36 bits per heavy atom. The Bertz CT molecular complexity index is 168. The topological polar surface area (TPSA) is 9.23 Å². The van der Waals surface area contributed by atoms with Gasteiger partial charge in [0.25, 0.3) is 0 Å². The molecule has 0 heterocycles. The van der Waals surface area contributed by atoms with Gasteiger partial charge in [-0.05, 0) is 0 Å². The smallest absolute Gasteiger partial charge is 0.273 e. The van der Waals surface area contributed by atoms with E-state index in [1.54, 1.807) is 0 Å². The van der Waals surface area contributed by atoms with Crippen molar-refractivity contribution in [2.24, 2.45) is 0 Å². The maximum absolute atomic E-state index is 4.26. The van der Waals surface area contributed by atoms with E-state index in [9.17, 15) is 0 Å². The summed E-state index contributed by atoms with van der Waals surface area (Å²) in [5, 5.41) is 0. The second kappa shape index (κ2) is 15.8. The molecule has 0 aromatic carbocycles. The molecule has 2 rings (SSSR count). The van der Waals surface area contributed by atoms with Crippen molar-refractivity contribution in [2.75, 3.05) is 0 Å². The van der Waals surface area contributed by atoms with Crippen molar-refractivity contribution in [3.05, 3.63) is 48.6 Å². The van der Waals surface area contributed by atoms with E-state index >= 15 is 0 Å². The van der Waals surface area contributed by atoms with Crippen molar-refractivity contribution in [2.45, 2.75) is 12.8 Å². The second-order valence-corrected chi connectivity index (χ2v) is 2.53. The third-order valence-electron chi connectivity index (χ3n) is 1.17. The number of hydrogen-bond acceptors (Lipinski definition) is 1. The van der Waals surface area contributed by atoms with Gasteiger partial charge in [0.2, 0.25) is 0 Å². The van der Waals surface area contributed by atoms with E-state index in [2.05, 4.69) is 51.9 Å². The van der Waals surface area contributed by atoms with Gasteiger partial charge in [0.1, 0.15) is 0 Å². The molecule has 0 aliphatic heterocycles. The average molecular weight is 308 g/mol. The van der Waals surface area contributed by atoms with Gasteiger partial charge in [-0.25, -0.2) is 24.3 Å². The molecule has 0 fully saturated rings. The normalized spacial score (nSPS) is 13.9. The van der Waals surface area contributed by atoms with Gasteiger partial charge in [0.05, 0.1) is 23.7 Å². The minimum absolute atomic E-state index is 0. The van der Waals surface area contributed by atoms with Crippen LogP contribution in [0.1, 0.15) is 12.8 Å². The Morgan fingerprint density at radius 2 is 1.29 bits per heavy atom. The minimum atomic E-state index is 0. The van der Waals surface area contributed by atoms with Crippen LogP contribution in [0.25, 0.3) is 0 Å². The summed E-state index contributed by atoms with van der Waals surface area (Å²) in [6, 6.07) is 0. The van der Waals surface area contributed by atoms with Gasteiger partial charge in [0, 0.05) is 0 Å². The summed E-state index contributed by atoms with van der Waals surface area (Å²) in [5.74, 6) is 0. The monoisotopic (exact) mass is 306 g/mol. The van der Waals surface area contributed by atoms with Crippen molar-refractivity contribution < 1.29 is 30.0 Å². The van der Waals surface area contributed by atoms with Crippen LogP contribution >= 0.6 is 23.7 Å². The molecular formula is C10H10Cl2OZr. The minimum Gasteiger partial charge on any atom is -0.273 e. The Labute approximate surface area is 115 Å². The van der Waals surface area contributed by atoms with E-state index in [1.165, 1.54) is 0 Å². The molecule has 4 heteroatoms. The molecule has 74 valence electrons. The van der Waals surface area contributed by atoms with Gasteiger partial charge < -0.3 is 0 Å². The molecule has 0 amide bonds. The molecule has 0 aromatic rings.